The zero-order valence-electron chi connectivity index (χ0n) is 10.7. The molecule has 0 spiro atoms. The lowest BCUT2D eigenvalue weighted by atomic mass is 9.96. The van der Waals surface area contributed by atoms with Gasteiger partial charge in [0, 0.05) is 0 Å². The van der Waals surface area contributed by atoms with Gasteiger partial charge in [-0.1, -0.05) is 54.6 Å². The number of benzene rings is 2. The van der Waals surface area contributed by atoms with E-state index in [9.17, 15) is 4.79 Å². The molecule has 19 heavy (non-hydrogen) atoms. The molecule has 1 heterocycles. The minimum Gasteiger partial charge on any atom is -0.465 e. The highest BCUT2D eigenvalue weighted by Crippen LogP contribution is 2.23. The monoisotopic (exact) mass is 252 g/mol. The lowest BCUT2D eigenvalue weighted by molar-refractivity contribution is -0.141. The fourth-order valence-electron chi connectivity index (χ4n) is 2.47. The van der Waals surface area contributed by atoms with Gasteiger partial charge in [-0.2, -0.15) is 0 Å². The molecule has 1 atom stereocenters. The zero-order chi connectivity index (χ0) is 13.1. The molecule has 1 aliphatic rings. The van der Waals surface area contributed by atoms with Gasteiger partial charge in [0.25, 0.3) is 0 Å². The van der Waals surface area contributed by atoms with Gasteiger partial charge < -0.3 is 4.74 Å². The van der Waals surface area contributed by atoms with E-state index in [0.717, 1.165) is 12.8 Å². The molecule has 0 bridgehead atoms. The average Bonchev–Trinajstić information content (AvgIpc) is 2.86. The second-order valence-electron chi connectivity index (χ2n) is 4.92. The molecule has 1 saturated heterocycles. The number of carbonyl (C=O) groups is 1. The molecule has 1 fully saturated rings. The summed E-state index contributed by atoms with van der Waals surface area (Å²) in [6.45, 7) is 0.575. The van der Waals surface area contributed by atoms with Gasteiger partial charge in [0.15, 0.2) is 0 Å². The number of hydrogen-bond acceptors (Lipinski definition) is 2. The van der Waals surface area contributed by atoms with Crippen molar-refractivity contribution < 1.29 is 9.53 Å². The van der Waals surface area contributed by atoms with Crippen LogP contribution in [-0.2, 0) is 16.0 Å². The molecule has 0 N–H and O–H groups in total. The molecule has 2 nitrogen and oxygen atoms in total. The van der Waals surface area contributed by atoms with E-state index >= 15 is 0 Å². The Morgan fingerprint density at radius 1 is 0.947 bits per heavy atom. The molecule has 0 saturated carbocycles. The van der Waals surface area contributed by atoms with Crippen molar-refractivity contribution in [1.29, 1.82) is 0 Å². The topological polar surface area (TPSA) is 26.3 Å². The van der Waals surface area contributed by atoms with Crippen molar-refractivity contribution in [3.63, 3.8) is 0 Å². The molecule has 2 aromatic rings. The molecular weight excluding hydrogens is 236 g/mol. The second kappa shape index (κ2) is 5.27. The first-order valence-corrected chi connectivity index (χ1v) is 6.64. The van der Waals surface area contributed by atoms with E-state index < -0.39 is 0 Å². The van der Waals surface area contributed by atoms with Crippen LogP contribution in [0.1, 0.15) is 12.0 Å². The molecule has 0 radical (unpaired) electrons. The van der Waals surface area contributed by atoms with Crippen LogP contribution in [-0.4, -0.2) is 12.6 Å². The van der Waals surface area contributed by atoms with Gasteiger partial charge in [-0.05, 0) is 29.5 Å². The van der Waals surface area contributed by atoms with Crippen LogP contribution in [0.2, 0.25) is 0 Å². The van der Waals surface area contributed by atoms with Crippen LogP contribution >= 0.6 is 0 Å². The first kappa shape index (κ1) is 12.0. The number of cyclic esters (lactones) is 1. The van der Waals surface area contributed by atoms with Crippen molar-refractivity contribution in [3.8, 4) is 11.1 Å². The van der Waals surface area contributed by atoms with Gasteiger partial charge in [0.05, 0.1) is 12.5 Å². The maximum atomic E-state index is 11.4. The Hall–Kier alpha value is -2.09. The van der Waals surface area contributed by atoms with E-state index in [0.29, 0.717) is 6.61 Å². The highest BCUT2D eigenvalue weighted by atomic mass is 16.5. The van der Waals surface area contributed by atoms with Gasteiger partial charge in [-0.3, -0.25) is 4.79 Å². The van der Waals surface area contributed by atoms with E-state index in [1.807, 2.05) is 18.2 Å². The summed E-state index contributed by atoms with van der Waals surface area (Å²) >= 11 is 0. The third-order valence-electron chi connectivity index (χ3n) is 3.59. The molecule has 1 unspecified atom stereocenters. The Morgan fingerprint density at radius 3 is 2.26 bits per heavy atom. The second-order valence-corrected chi connectivity index (χ2v) is 4.92. The SMILES string of the molecule is O=C1OCCC1Cc1ccc(-c2ccccc2)cc1. The van der Waals surface area contributed by atoms with Crippen molar-refractivity contribution in [2.75, 3.05) is 6.61 Å². The molecule has 0 amide bonds. The van der Waals surface area contributed by atoms with E-state index in [1.54, 1.807) is 0 Å². The largest absolute Gasteiger partial charge is 0.465 e. The van der Waals surface area contributed by atoms with Crippen LogP contribution in [0, 0.1) is 5.92 Å². The summed E-state index contributed by atoms with van der Waals surface area (Å²) in [5.74, 6) is -0.00490. The normalized spacial score (nSPS) is 18.3. The number of hydrogen-bond donors (Lipinski definition) is 0. The van der Waals surface area contributed by atoms with Crippen LogP contribution in [0.15, 0.2) is 54.6 Å². The number of carbonyl (C=O) groups excluding carboxylic acids is 1. The third-order valence-corrected chi connectivity index (χ3v) is 3.59. The number of rotatable bonds is 3. The first-order valence-electron chi connectivity index (χ1n) is 6.64. The van der Waals surface area contributed by atoms with Gasteiger partial charge in [0.1, 0.15) is 0 Å². The first-order chi connectivity index (χ1) is 9.33. The summed E-state index contributed by atoms with van der Waals surface area (Å²) in [6.07, 6.45) is 1.63. The maximum Gasteiger partial charge on any atom is 0.309 e. The van der Waals surface area contributed by atoms with Crippen molar-refractivity contribution >= 4 is 5.97 Å². The predicted octanol–water partition coefficient (Wildman–Crippen LogP) is 3.46. The minimum absolute atomic E-state index is 0.0441. The summed E-state index contributed by atoms with van der Waals surface area (Å²) in [5.41, 5.74) is 3.62. The lowest BCUT2D eigenvalue weighted by Crippen LogP contribution is -2.10. The maximum absolute atomic E-state index is 11.4. The summed E-state index contributed by atoms with van der Waals surface area (Å²) < 4.78 is 4.99. The van der Waals surface area contributed by atoms with E-state index in [4.69, 9.17) is 4.74 Å². The fraction of sp³-hybridized carbons (Fsp3) is 0.235. The van der Waals surface area contributed by atoms with Gasteiger partial charge in [-0.15, -0.1) is 0 Å². The minimum atomic E-state index is -0.0489. The van der Waals surface area contributed by atoms with Crippen LogP contribution in [0.5, 0.6) is 0 Å². The standard InChI is InChI=1S/C17H16O2/c18-17-16(10-11-19-17)12-13-6-8-15(9-7-13)14-4-2-1-3-5-14/h1-9,16H,10-12H2. The smallest absolute Gasteiger partial charge is 0.309 e. The third kappa shape index (κ3) is 2.68. The molecule has 3 rings (SSSR count). The Labute approximate surface area is 113 Å². The van der Waals surface area contributed by atoms with Crippen LogP contribution in [0.3, 0.4) is 0 Å². The summed E-state index contributed by atoms with van der Waals surface area (Å²) in [4.78, 5) is 11.4. The van der Waals surface area contributed by atoms with E-state index in [-0.39, 0.29) is 11.9 Å². The highest BCUT2D eigenvalue weighted by molar-refractivity contribution is 5.74. The number of ether oxygens (including phenoxy) is 1. The predicted molar refractivity (Wildman–Crippen MR) is 74.6 cm³/mol. The molecule has 1 aliphatic heterocycles. The quantitative estimate of drug-likeness (QED) is 0.782. The van der Waals surface area contributed by atoms with E-state index in [2.05, 4.69) is 36.4 Å². The molecular formula is C17H16O2. The Morgan fingerprint density at radius 2 is 1.63 bits per heavy atom. The molecule has 2 heteroatoms. The Kier molecular flexibility index (Phi) is 3.32. The fourth-order valence-corrected chi connectivity index (χ4v) is 2.47. The summed E-state index contributed by atoms with van der Waals surface area (Å²) in [6, 6.07) is 18.7. The average molecular weight is 252 g/mol. The zero-order valence-corrected chi connectivity index (χ0v) is 10.7. The van der Waals surface area contributed by atoms with Crippen LogP contribution < -0.4 is 0 Å². The van der Waals surface area contributed by atoms with Crippen molar-refractivity contribution in [1.82, 2.24) is 0 Å². The molecule has 96 valence electrons. The Balaban J connectivity index is 1.74. The highest BCUT2D eigenvalue weighted by Gasteiger charge is 2.26. The molecule has 0 aromatic heterocycles. The van der Waals surface area contributed by atoms with E-state index in [1.165, 1.54) is 16.7 Å². The molecule has 2 aromatic carbocycles. The van der Waals surface area contributed by atoms with Crippen molar-refractivity contribution in [2.45, 2.75) is 12.8 Å². The Bertz CT molecular complexity index is 558. The van der Waals surface area contributed by atoms with Gasteiger partial charge in [0.2, 0.25) is 0 Å². The van der Waals surface area contributed by atoms with Crippen LogP contribution in [0.25, 0.3) is 11.1 Å². The molecule has 0 aliphatic carbocycles. The lowest BCUT2D eigenvalue weighted by Gasteiger charge is -2.07. The van der Waals surface area contributed by atoms with Gasteiger partial charge >= 0.3 is 5.97 Å². The summed E-state index contributed by atoms with van der Waals surface area (Å²) in [7, 11) is 0. The summed E-state index contributed by atoms with van der Waals surface area (Å²) in [5, 5.41) is 0. The number of esters is 1. The van der Waals surface area contributed by atoms with Crippen molar-refractivity contribution in [3.05, 3.63) is 60.2 Å². The van der Waals surface area contributed by atoms with Gasteiger partial charge in [-0.25, -0.2) is 0 Å². The van der Waals surface area contributed by atoms with Crippen molar-refractivity contribution in [2.24, 2.45) is 5.92 Å². The van der Waals surface area contributed by atoms with Crippen LogP contribution in [0.4, 0.5) is 0 Å².